The lowest BCUT2D eigenvalue weighted by molar-refractivity contribution is -0.162. The van der Waals surface area contributed by atoms with Gasteiger partial charge in [-0.15, -0.1) is 0 Å². The Bertz CT molecular complexity index is 261. The molecule has 0 aliphatic heterocycles. The molecule has 0 aliphatic rings. The Labute approximate surface area is 92.6 Å². The number of ketones is 1. The van der Waals surface area contributed by atoms with Crippen molar-refractivity contribution in [3.05, 3.63) is 0 Å². The van der Waals surface area contributed by atoms with E-state index in [1.807, 2.05) is 0 Å². The number of carbonyl (C=O) groups is 2. The van der Waals surface area contributed by atoms with Gasteiger partial charge in [-0.25, -0.2) is 0 Å². The molecule has 0 saturated heterocycles. The molecule has 0 fully saturated rings. The molecule has 0 saturated carbocycles. The van der Waals surface area contributed by atoms with Gasteiger partial charge < -0.3 is 4.90 Å². The van der Waals surface area contributed by atoms with Gasteiger partial charge in [-0.2, -0.15) is 13.2 Å². The van der Waals surface area contributed by atoms with Gasteiger partial charge in [0.05, 0.1) is 6.42 Å². The highest BCUT2D eigenvalue weighted by Crippen LogP contribution is 2.18. The topological polar surface area (TPSA) is 37.4 Å². The van der Waals surface area contributed by atoms with E-state index in [9.17, 15) is 22.8 Å². The molecule has 0 aromatic carbocycles. The van der Waals surface area contributed by atoms with Crippen LogP contribution in [-0.2, 0) is 9.59 Å². The average Bonchev–Trinajstić information content (AvgIpc) is 1.97. The number of hydrogen-bond donors (Lipinski definition) is 0. The molecule has 0 spiro atoms. The Morgan fingerprint density at radius 2 is 1.75 bits per heavy atom. The van der Waals surface area contributed by atoms with Crippen LogP contribution >= 0.6 is 0 Å². The van der Waals surface area contributed by atoms with Crippen LogP contribution in [-0.4, -0.2) is 35.9 Å². The van der Waals surface area contributed by atoms with E-state index >= 15 is 0 Å². The molecule has 0 radical (unpaired) electrons. The van der Waals surface area contributed by atoms with Crippen molar-refractivity contribution in [3.63, 3.8) is 0 Å². The second kappa shape index (κ2) is 5.86. The minimum absolute atomic E-state index is 0.00558. The minimum atomic E-state index is -4.43. The highest BCUT2D eigenvalue weighted by Gasteiger charge is 2.33. The van der Waals surface area contributed by atoms with E-state index < -0.39 is 30.8 Å². The first kappa shape index (κ1) is 14.9. The molecular weight excluding hydrogens is 223 g/mol. The third-order valence-electron chi connectivity index (χ3n) is 1.71. The Morgan fingerprint density at radius 1 is 1.25 bits per heavy atom. The monoisotopic (exact) mass is 239 g/mol. The average molecular weight is 239 g/mol. The lowest BCUT2D eigenvalue weighted by Crippen LogP contribution is -2.41. The lowest BCUT2D eigenvalue weighted by atomic mass is 10.2. The first-order chi connectivity index (χ1) is 7.11. The number of halogens is 3. The van der Waals surface area contributed by atoms with Gasteiger partial charge in [0, 0.05) is 6.54 Å². The SMILES string of the molecule is CC(=O)CC(=O)N(CC(C)C)CC(F)(F)F. The largest absolute Gasteiger partial charge is 0.406 e. The van der Waals surface area contributed by atoms with Crippen molar-refractivity contribution in [2.45, 2.75) is 33.4 Å². The maximum Gasteiger partial charge on any atom is 0.406 e. The minimum Gasteiger partial charge on any atom is -0.333 e. The number of nitrogens with zero attached hydrogens (tertiary/aromatic N) is 1. The third kappa shape index (κ3) is 7.25. The van der Waals surface area contributed by atoms with Crippen molar-refractivity contribution in [2.75, 3.05) is 13.1 Å². The fourth-order valence-corrected chi connectivity index (χ4v) is 1.24. The summed E-state index contributed by atoms with van der Waals surface area (Å²) in [5, 5.41) is 0. The first-order valence-corrected chi connectivity index (χ1v) is 4.95. The maximum atomic E-state index is 12.2. The van der Waals surface area contributed by atoms with Crippen molar-refractivity contribution in [1.82, 2.24) is 4.90 Å². The van der Waals surface area contributed by atoms with Crippen LogP contribution in [0.5, 0.6) is 0 Å². The van der Waals surface area contributed by atoms with E-state index in [-0.39, 0.29) is 12.5 Å². The quantitative estimate of drug-likeness (QED) is 0.688. The highest BCUT2D eigenvalue weighted by molar-refractivity contribution is 5.96. The van der Waals surface area contributed by atoms with E-state index in [4.69, 9.17) is 0 Å². The molecule has 0 atom stereocenters. The standard InChI is InChI=1S/C10H16F3NO2/c1-7(2)5-14(6-10(11,12)13)9(16)4-8(3)15/h7H,4-6H2,1-3H3. The second-order valence-electron chi connectivity index (χ2n) is 4.16. The van der Waals surface area contributed by atoms with E-state index in [1.54, 1.807) is 13.8 Å². The molecule has 0 rings (SSSR count). The number of alkyl halides is 3. The number of amides is 1. The second-order valence-corrected chi connectivity index (χ2v) is 4.16. The Balaban J connectivity index is 4.53. The maximum absolute atomic E-state index is 12.2. The third-order valence-corrected chi connectivity index (χ3v) is 1.71. The van der Waals surface area contributed by atoms with Crippen molar-refractivity contribution in [2.24, 2.45) is 5.92 Å². The van der Waals surface area contributed by atoms with Gasteiger partial charge in [0.15, 0.2) is 0 Å². The number of hydrogen-bond acceptors (Lipinski definition) is 2. The van der Waals surface area contributed by atoms with Crippen molar-refractivity contribution < 1.29 is 22.8 Å². The predicted molar refractivity (Wildman–Crippen MR) is 52.8 cm³/mol. The van der Waals surface area contributed by atoms with Crippen molar-refractivity contribution in [1.29, 1.82) is 0 Å². The molecule has 0 heterocycles. The molecule has 3 nitrogen and oxygen atoms in total. The molecule has 0 unspecified atom stereocenters. The number of Topliss-reactive ketones (excluding diaryl/α,β-unsaturated/α-hetero) is 1. The Hall–Kier alpha value is -1.07. The summed E-state index contributed by atoms with van der Waals surface area (Å²) in [6, 6.07) is 0. The van der Waals surface area contributed by atoms with Gasteiger partial charge in [-0.05, 0) is 12.8 Å². The van der Waals surface area contributed by atoms with Crippen LogP contribution in [0.3, 0.4) is 0 Å². The summed E-state index contributed by atoms with van der Waals surface area (Å²) < 4.78 is 36.5. The highest BCUT2D eigenvalue weighted by atomic mass is 19.4. The van der Waals surface area contributed by atoms with Crippen LogP contribution in [0.15, 0.2) is 0 Å². The van der Waals surface area contributed by atoms with Crippen LogP contribution in [0.4, 0.5) is 13.2 Å². The molecular formula is C10H16F3NO2. The number of carbonyl (C=O) groups excluding carboxylic acids is 2. The van der Waals surface area contributed by atoms with Gasteiger partial charge in [0.1, 0.15) is 12.3 Å². The summed E-state index contributed by atoms with van der Waals surface area (Å²) in [5.41, 5.74) is 0. The molecule has 0 aromatic rings. The van der Waals surface area contributed by atoms with Gasteiger partial charge >= 0.3 is 6.18 Å². The van der Waals surface area contributed by atoms with E-state index in [0.717, 1.165) is 0 Å². The molecule has 0 aromatic heterocycles. The fraction of sp³-hybridized carbons (Fsp3) is 0.800. The summed E-state index contributed by atoms with van der Waals surface area (Å²) in [4.78, 5) is 22.7. The Kier molecular flexibility index (Phi) is 5.47. The van der Waals surface area contributed by atoms with Crippen LogP contribution < -0.4 is 0 Å². The molecule has 16 heavy (non-hydrogen) atoms. The van der Waals surface area contributed by atoms with E-state index in [0.29, 0.717) is 4.90 Å². The first-order valence-electron chi connectivity index (χ1n) is 4.95. The predicted octanol–water partition coefficient (Wildman–Crippen LogP) is 2.01. The molecule has 0 aliphatic carbocycles. The summed E-state index contributed by atoms with van der Waals surface area (Å²) in [6.45, 7) is 3.32. The van der Waals surface area contributed by atoms with Gasteiger partial charge in [-0.3, -0.25) is 9.59 Å². The van der Waals surface area contributed by atoms with E-state index in [1.165, 1.54) is 6.92 Å². The van der Waals surface area contributed by atoms with Gasteiger partial charge in [-0.1, -0.05) is 13.8 Å². The molecule has 1 amide bonds. The lowest BCUT2D eigenvalue weighted by Gasteiger charge is -2.25. The summed E-state index contributed by atoms with van der Waals surface area (Å²) in [7, 11) is 0. The van der Waals surface area contributed by atoms with Crippen molar-refractivity contribution in [3.8, 4) is 0 Å². The molecule has 6 heteroatoms. The Morgan fingerprint density at radius 3 is 2.06 bits per heavy atom. The zero-order valence-corrected chi connectivity index (χ0v) is 9.60. The fourth-order valence-electron chi connectivity index (χ4n) is 1.24. The summed E-state index contributed by atoms with van der Waals surface area (Å²) in [6.07, 6.45) is -4.90. The number of rotatable bonds is 5. The molecule has 0 N–H and O–H groups in total. The van der Waals surface area contributed by atoms with E-state index in [2.05, 4.69) is 0 Å². The van der Waals surface area contributed by atoms with Gasteiger partial charge in [0.25, 0.3) is 0 Å². The smallest absolute Gasteiger partial charge is 0.333 e. The van der Waals surface area contributed by atoms with Crippen LogP contribution in [0.25, 0.3) is 0 Å². The van der Waals surface area contributed by atoms with Crippen LogP contribution in [0.2, 0.25) is 0 Å². The molecule has 0 bridgehead atoms. The molecule has 94 valence electrons. The normalized spacial score (nSPS) is 11.7. The van der Waals surface area contributed by atoms with Crippen LogP contribution in [0.1, 0.15) is 27.2 Å². The zero-order chi connectivity index (χ0) is 12.9. The van der Waals surface area contributed by atoms with Gasteiger partial charge in [0.2, 0.25) is 5.91 Å². The summed E-state index contributed by atoms with van der Waals surface area (Å²) in [5.74, 6) is -1.27. The van der Waals surface area contributed by atoms with Crippen molar-refractivity contribution >= 4 is 11.7 Å². The van der Waals surface area contributed by atoms with Crippen LogP contribution in [0, 0.1) is 5.92 Å². The summed E-state index contributed by atoms with van der Waals surface area (Å²) >= 11 is 0. The zero-order valence-electron chi connectivity index (χ0n) is 9.60.